The predicted molar refractivity (Wildman–Crippen MR) is 29.4 cm³/mol. The Hall–Kier alpha value is -0.570. The molecule has 0 spiro atoms. The second-order valence-electron chi connectivity index (χ2n) is 2.78. The molecule has 0 radical (unpaired) electrons. The second-order valence-corrected chi connectivity index (χ2v) is 2.78. The number of primary amides is 1. The van der Waals surface area contributed by atoms with Gasteiger partial charge in [-0.3, -0.25) is 10.6 Å². The molecule has 46 valence electrons. The number of nitrogens with one attached hydrogen (secondary N) is 1. The molecule has 8 heavy (non-hydrogen) atoms. The van der Waals surface area contributed by atoms with E-state index >= 15 is 0 Å². The van der Waals surface area contributed by atoms with Gasteiger partial charge in [-0.05, 0) is 13.8 Å². The molecule has 0 aromatic rings. The molecule has 3 nitrogen and oxygen atoms in total. The maximum absolute atomic E-state index is 10.5. The van der Waals surface area contributed by atoms with E-state index in [1.54, 1.807) is 5.32 Å². The summed E-state index contributed by atoms with van der Waals surface area (Å²) >= 11 is 0. The number of carbonyl (C=O) groups excluding carboxylic acids is 1. The first-order valence-electron chi connectivity index (χ1n) is 2.75. The molecule has 3 heteroatoms. The van der Waals surface area contributed by atoms with Gasteiger partial charge < -0.3 is 0 Å². The molecule has 0 bridgehead atoms. The zero-order chi connectivity index (χ0) is 6.20. The van der Waals surface area contributed by atoms with Gasteiger partial charge in [0.1, 0.15) is 6.54 Å². The third-order valence-electron chi connectivity index (χ3n) is 1.26. The van der Waals surface area contributed by atoms with Crippen LogP contribution in [0.3, 0.4) is 0 Å². The number of hydrogen-bond acceptors (Lipinski definition) is 1. The van der Waals surface area contributed by atoms with E-state index in [0.29, 0.717) is 0 Å². The molecule has 1 aliphatic rings. The molecule has 1 rings (SSSR count). The lowest BCUT2D eigenvalue weighted by Crippen LogP contribution is -2.86. The van der Waals surface area contributed by atoms with Crippen molar-refractivity contribution in [3.63, 3.8) is 0 Å². The lowest BCUT2D eigenvalue weighted by atomic mass is 10.1. The quantitative estimate of drug-likeness (QED) is 0.420. The first-order valence-corrected chi connectivity index (χ1v) is 2.75. The van der Waals surface area contributed by atoms with Crippen molar-refractivity contribution in [1.29, 1.82) is 0 Å². The van der Waals surface area contributed by atoms with E-state index in [1.165, 1.54) is 0 Å². The van der Waals surface area contributed by atoms with E-state index in [9.17, 15) is 4.79 Å². The maximum Gasteiger partial charge on any atom is 0.413 e. The second kappa shape index (κ2) is 1.45. The van der Waals surface area contributed by atoms with Crippen LogP contribution in [0.2, 0.25) is 0 Å². The fourth-order valence-electron chi connectivity index (χ4n) is 0.783. The van der Waals surface area contributed by atoms with Crippen LogP contribution >= 0.6 is 0 Å². The summed E-state index contributed by atoms with van der Waals surface area (Å²) in [6.45, 7) is 4.87. The van der Waals surface area contributed by atoms with Gasteiger partial charge in [-0.1, -0.05) is 0 Å². The Balaban J connectivity index is 2.56. The fourth-order valence-corrected chi connectivity index (χ4v) is 0.783. The van der Waals surface area contributed by atoms with Crippen LogP contribution < -0.4 is 10.6 Å². The standard InChI is InChI=1S/C5H10N2O/c1-5(2)3-6-4(8)7-5/h3H2,1-2H3,(H2,6,7,8)/p+1. The van der Waals surface area contributed by atoms with Gasteiger partial charge in [0.05, 0.1) is 5.54 Å². The summed E-state index contributed by atoms with van der Waals surface area (Å²) in [6.07, 6.45) is 0. The molecule has 1 saturated heterocycles. The number of rotatable bonds is 0. The Bertz CT molecular complexity index is 120. The largest absolute Gasteiger partial charge is 0.413 e. The normalized spacial score (nSPS) is 25.5. The molecule has 0 aromatic heterocycles. The van der Waals surface area contributed by atoms with E-state index in [0.717, 1.165) is 6.54 Å². The van der Waals surface area contributed by atoms with E-state index in [4.69, 9.17) is 0 Å². The Labute approximate surface area is 48.5 Å². The number of nitrogens with two attached hydrogens (primary N) is 1. The molecule has 0 aromatic carbocycles. The van der Waals surface area contributed by atoms with Crippen molar-refractivity contribution >= 4 is 6.03 Å². The average Bonchev–Trinajstić information content (AvgIpc) is 1.82. The SMILES string of the molecule is CC1(C)C[NH2+]C(=O)N1. The summed E-state index contributed by atoms with van der Waals surface area (Å²) in [6, 6.07) is 0.0648. The van der Waals surface area contributed by atoms with Crippen molar-refractivity contribution in [3.8, 4) is 0 Å². The van der Waals surface area contributed by atoms with Crippen LogP contribution in [0.15, 0.2) is 0 Å². The number of urea groups is 1. The summed E-state index contributed by atoms with van der Waals surface area (Å²) in [7, 11) is 0. The lowest BCUT2D eigenvalue weighted by Gasteiger charge is -2.09. The highest BCUT2D eigenvalue weighted by Crippen LogP contribution is 1.98. The highest BCUT2D eigenvalue weighted by Gasteiger charge is 2.31. The van der Waals surface area contributed by atoms with Crippen molar-refractivity contribution in [2.75, 3.05) is 6.54 Å². The van der Waals surface area contributed by atoms with Crippen molar-refractivity contribution in [1.82, 2.24) is 5.32 Å². The van der Waals surface area contributed by atoms with Gasteiger partial charge >= 0.3 is 6.03 Å². The number of hydrogen-bond donors (Lipinski definition) is 2. The van der Waals surface area contributed by atoms with Crippen molar-refractivity contribution < 1.29 is 10.1 Å². The van der Waals surface area contributed by atoms with Crippen molar-refractivity contribution in [2.45, 2.75) is 19.4 Å². The fraction of sp³-hybridized carbons (Fsp3) is 0.800. The molecular formula is C5H11N2O+. The molecule has 2 amide bonds. The van der Waals surface area contributed by atoms with Gasteiger partial charge in [0.15, 0.2) is 0 Å². The van der Waals surface area contributed by atoms with Crippen LogP contribution in [0.1, 0.15) is 13.8 Å². The molecule has 1 heterocycles. The Kier molecular flexibility index (Phi) is 1.01. The third-order valence-corrected chi connectivity index (χ3v) is 1.26. The highest BCUT2D eigenvalue weighted by molar-refractivity contribution is 5.66. The van der Waals surface area contributed by atoms with Gasteiger partial charge in [0, 0.05) is 0 Å². The Morgan fingerprint density at radius 1 is 1.75 bits per heavy atom. The molecule has 3 N–H and O–H groups in total. The minimum Gasteiger partial charge on any atom is -0.295 e. The monoisotopic (exact) mass is 115 g/mol. The molecule has 0 saturated carbocycles. The van der Waals surface area contributed by atoms with Crippen LogP contribution in [0.25, 0.3) is 0 Å². The summed E-state index contributed by atoms with van der Waals surface area (Å²) < 4.78 is 0. The van der Waals surface area contributed by atoms with Gasteiger partial charge in [0.25, 0.3) is 0 Å². The van der Waals surface area contributed by atoms with E-state index < -0.39 is 0 Å². The van der Waals surface area contributed by atoms with Crippen LogP contribution in [-0.2, 0) is 0 Å². The highest BCUT2D eigenvalue weighted by atomic mass is 16.2. The molecule has 0 aliphatic carbocycles. The first-order chi connectivity index (χ1) is 3.60. The zero-order valence-electron chi connectivity index (χ0n) is 5.19. The summed E-state index contributed by atoms with van der Waals surface area (Å²) in [4.78, 5) is 10.5. The van der Waals surface area contributed by atoms with Gasteiger partial charge in [-0.2, -0.15) is 0 Å². The van der Waals surface area contributed by atoms with Crippen LogP contribution in [0.4, 0.5) is 4.79 Å². The van der Waals surface area contributed by atoms with E-state index in [-0.39, 0.29) is 11.6 Å². The van der Waals surface area contributed by atoms with Gasteiger partial charge in [-0.15, -0.1) is 0 Å². The Morgan fingerprint density at radius 3 is 2.50 bits per heavy atom. The maximum atomic E-state index is 10.5. The lowest BCUT2D eigenvalue weighted by molar-refractivity contribution is -0.544. The van der Waals surface area contributed by atoms with Crippen LogP contribution in [0.5, 0.6) is 0 Å². The van der Waals surface area contributed by atoms with Gasteiger partial charge in [0.2, 0.25) is 0 Å². The van der Waals surface area contributed by atoms with Crippen molar-refractivity contribution in [3.05, 3.63) is 0 Å². The number of quaternary nitrogens is 1. The smallest absolute Gasteiger partial charge is 0.295 e. The average molecular weight is 115 g/mol. The molecular weight excluding hydrogens is 104 g/mol. The molecule has 0 atom stereocenters. The zero-order valence-corrected chi connectivity index (χ0v) is 5.19. The minimum atomic E-state index is 0.0110. The van der Waals surface area contributed by atoms with E-state index in [1.807, 2.05) is 13.8 Å². The van der Waals surface area contributed by atoms with Crippen LogP contribution in [-0.4, -0.2) is 18.1 Å². The van der Waals surface area contributed by atoms with Crippen molar-refractivity contribution in [2.24, 2.45) is 0 Å². The predicted octanol–water partition coefficient (Wildman–Crippen LogP) is -0.948. The third kappa shape index (κ3) is 0.980. The number of carbonyl (C=O) groups is 1. The summed E-state index contributed by atoms with van der Waals surface area (Å²) in [5.74, 6) is 0. The Morgan fingerprint density at radius 2 is 2.38 bits per heavy atom. The summed E-state index contributed by atoms with van der Waals surface area (Å²) in [5.41, 5.74) is 0.0110. The molecule has 1 aliphatic heterocycles. The first kappa shape index (κ1) is 5.56. The summed E-state index contributed by atoms with van der Waals surface area (Å²) in [5, 5.41) is 4.48. The topological polar surface area (TPSA) is 45.7 Å². The van der Waals surface area contributed by atoms with Crippen LogP contribution in [0, 0.1) is 0 Å². The number of amides is 2. The minimum absolute atomic E-state index is 0.0110. The molecule has 1 fully saturated rings. The van der Waals surface area contributed by atoms with E-state index in [2.05, 4.69) is 5.32 Å². The molecule has 0 unspecified atom stereocenters. The van der Waals surface area contributed by atoms with Gasteiger partial charge in [-0.25, -0.2) is 4.79 Å².